The Morgan fingerprint density at radius 2 is 2.06 bits per heavy atom. The molecule has 0 unspecified atom stereocenters. The molecule has 1 aromatic heterocycles. The van der Waals surface area contributed by atoms with Crippen LogP contribution >= 0.6 is 0 Å². The summed E-state index contributed by atoms with van der Waals surface area (Å²) in [5, 5.41) is 13.6. The molecule has 0 amide bonds. The van der Waals surface area contributed by atoms with Crippen molar-refractivity contribution in [2.24, 2.45) is 0 Å². The molecule has 0 aliphatic carbocycles. The van der Waals surface area contributed by atoms with E-state index in [9.17, 15) is 9.90 Å². The molecule has 0 radical (unpaired) electrons. The van der Waals surface area contributed by atoms with Crippen LogP contribution < -0.4 is 0 Å². The third-order valence-corrected chi connectivity index (χ3v) is 3.00. The average Bonchev–Trinajstić information content (AvgIpc) is 2.59. The van der Waals surface area contributed by atoms with E-state index in [0.717, 1.165) is 0 Å². The Balaban J connectivity index is 2.46. The van der Waals surface area contributed by atoms with Gasteiger partial charge in [-0.3, -0.25) is 0 Å². The lowest BCUT2D eigenvalue weighted by atomic mass is 9.90. The molecule has 2 rings (SSSR count). The van der Waals surface area contributed by atoms with E-state index in [1.807, 2.05) is 0 Å². The van der Waals surface area contributed by atoms with E-state index in [1.165, 1.54) is 4.68 Å². The van der Waals surface area contributed by atoms with Crippen molar-refractivity contribution in [2.45, 2.75) is 32.2 Å². The van der Waals surface area contributed by atoms with Crippen LogP contribution in [0.2, 0.25) is 0 Å². The van der Waals surface area contributed by atoms with Crippen LogP contribution in [0.4, 0.5) is 0 Å². The summed E-state index contributed by atoms with van der Waals surface area (Å²) >= 11 is 0. The van der Waals surface area contributed by atoms with Gasteiger partial charge in [-0.05, 0) is 13.8 Å². The lowest BCUT2D eigenvalue weighted by Crippen LogP contribution is -2.47. The summed E-state index contributed by atoms with van der Waals surface area (Å²) in [6.45, 7) is 4.44. The molecule has 1 aromatic rings. The van der Waals surface area contributed by atoms with Crippen LogP contribution in [-0.4, -0.2) is 39.1 Å². The number of carboxylic acids is 1. The Morgan fingerprint density at radius 3 is 2.50 bits per heavy atom. The molecule has 1 N–H and O–H groups in total. The Kier molecular flexibility index (Phi) is 2.67. The zero-order valence-corrected chi connectivity index (χ0v) is 9.43. The SMILES string of the molecule is Cc1nc(C)n(C2(C(=O)O)CCOCC2)n1. The van der Waals surface area contributed by atoms with Crippen LogP contribution in [0.1, 0.15) is 24.5 Å². The van der Waals surface area contributed by atoms with Crippen LogP contribution in [0.3, 0.4) is 0 Å². The van der Waals surface area contributed by atoms with Crippen molar-refractivity contribution in [1.82, 2.24) is 14.8 Å². The molecule has 0 saturated carbocycles. The number of hydrogen-bond donors (Lipinski definition) is 1. The highest BCUT2D eigenvalue weighted by Gasteiger charge is 2.44. The lowest BCUT2D eigenvalue weighted by molar-refractivity contribution is -0.153. The number of carboxylic acid groups (broad SMARTS) is 1. The Hall–Kier alpha value is -1.43. The van der Waals surface area contributed by atoms with Gasteiger partial charge in [0.05, 0.1) is 0 Å². The first-order valence-electron chi connectivity index (χ1n) is 5.28. The molecule has 16 heavy (non-hydrogen) atoms. The summed E-state index contributed by atoms with van der Waals surface area (Å²) in [6, 6.07) is 0. The molecule has 2 heterocycles. The number of hydrogen-bond acceptors (Lipinski definition) is 4. The number of aryl methyl sites for hydroxylation is 2. The maximum absolute atomic E-state index is 11.5. The molecule has 1 aliphatic heterocycles. The summed E-state index contributed by atoms with van der Waals surface area (Å²) in [7, 11) is 0. The molecule has 1 fully saturated rings. The molecule has 0 aromatic carbocycles. The van der Waals surface area contributed by atoms with E-state index in [1.54, 1.807) is 13.8 Å². The van der Waals surface area contributed by atoms with Gasteiger partial charge < -0.3 is 9.84 Å². The van der Waals surface area contributed by atoms with Crippen molar-refractivity contribution in [3.05, 3.63) is 11.6 Å². The predicted molar refractivity (Wildman–Crippen MR) is 55.2 cm³/mol. The van der Waals surface area contributed by atoms with Crippen molar-refractivity contribution in [2.75, 3.05) is 13.2 Å². The molecule has 6 heteroatoms. The van der Waals surface area contributed by atoms with Gasteiger partial charge in [0.15, 0.2) is 5.54 Å². The highest BCUT2D eigenvalue weighted by molar-refractivity contribution is 5.76. The lowest BCUT2D eigenvalue weighted by Gasteiger charge is -2.33. The Morgan fingerprint density at radius 1 is 1.44 bits per heavy atom. The second-order valence-corrected chi connectivity index (χ2v) is 4.07. The number of aliphatic carboxylic acids is 1. The fraction of sp³-hybridized carbons (Fsp3) is 0.700. The first kappa shape index (κ1) is 11.1. The summed E-state index contributed by atoms with van der Waals surface area (Å²) < 4.78 is 6.75. The zero-order valence-electron chi connectivity index (χ0n) is 9.43. The fourth-order valence-corrected chi connectivity index (χ4v) is 2.15. The molecule has 0 spiro atoms. The second-order valence-electron chi connectivity index (χ2n) is 4.07. The van der Waals surface area contributed by atoms with Gasteiger partial charge in [-0.2, -0.15) is 5.10 Å². The highest BCUT2D eigenvalue weighted by Crippen LogP contribution is 2.29. The number of carbonyl (C=O) groups is 1. The van der Waals surface area contributed by atoms with Gasteiger partial charge >= 0.3 is 5.97 Å². The quantitative estimate of drug-likeness (QED) is 0.792. The third kappa shape index (κ3) is 1.59. The Labute approximate surface area is 93.2 Å². The van der Waals surface area contributed by atoms with E-state index in [4.69, 9.17) is 4.74 Å². The van der Waals surface area contributed by atoms with Crippen LogP contribution in [-0.2, 0) is 15.1 Å². The van der Waals surface area contributed by atoms with Crippen molar-refractivity contribution in [3.63, 3.8) is 0 Å². The van der Waals surface area contributed by atoms with Crippen molar-refractivity contribution >= 4 is 5.97 Å². The minimum atomic E-state index is -0.983. The van der Waals surface area contributed by atoms with Crippen LogP contribution in [0.15, 0.2) is 0 Å². The minimum absolute atomic E-state index is 0.436. The summed E-state index contributed by atoms with van der Waals surface area (Å²) in [4.78, 5) is 15.7. The van der Waals surface area contributed by atoms with Crippen LogP contribution in [0.25, 0.3) is 0 Å². The van der Waals surface area contributed by atoms with Gasteiger partial charge in [-0.25, -0.2) is 14.5 Å². The maximum Gasteiger partial charge on any atom is 0.331 e. The van der Waals surface area contributed by atoms with E-state index in [2.05, 4.69) is 10.1 Å². The number of ether oxygens (including phenoxy) is 1. The fourth-order valence-electron chi connectivity index (χ4n) is 2.15. The van der Waals surface area contributed by atoms with Crippen molar-refractivity contribution in [3.8, 4) is 0 Å². The van der Waals surface area contributed by atoms with E-state index < -0.39 is 11.5 Å². The molecular formula is C10H15N3O3. The van der Waals surface area contributed by atoms with Gasteiger partial charge in [0.2, 0.25) is 0 Å². The minimum Gasteiger partial charge on any atom is -0.479 e. The molecule has 88 valence electrons. The molecule has 1 saturated heterocycles. The largest absolute Gasteiger partial charge is 0.479 e. The second kappa shape index (κ2) is 3.86. The van der Waals surface area contributed by atoms with Crippen molar-refractivity contribution in [1.29, 1.82) is 0 Å². The number of aromatic nitrogens is 3. The monoisotopic (exact) mass is 225 g/mol. The van der Waals surface area contributed by atoms with Crippen LogP contribution in [0, 0.1) is 13.8 Å². The van der Waals surface area contributed by atoms with E-state index in [-0.39, 0.29) is 0 Å². The van der Waals surface area contributed by atoms with E-state index in [0.29, 0.717) is 37.7 Å². The van der Waals surface area contributed by atoms with Gasteiger partial charge in [0.1, 0.15) is 11.6 Å². The topological polar surface area (TPSA) is 77.2 Å². The number of rotatable bonds is 2. The van der Waals surface area contributed by atoms with Gasteiger partial charge in [-0.15, -0.1) is 0 Å². The van der Waals surface area contributed by atoms with Crippen LogP contribution in [0.5, 0.6) is 0 Å². The maximum atomic E-state index is 11.5. The molecule has 1 aliphatic rings. The van der Waals surface area contributed by atoms with Gasteiger partial charge in [0.25, 0.3) is 0 Å². The molecule has 0 bridgehead atoms. The number of nitrogens with zero attached hydrogens (tertiary/aromatic N) is 3. The first-order chi connectivity index (χ1) is 7.56. The normalized spacial score (nSPS) is 19.6. The zero-order chi connectivity index (χ0) is 11.8. The standard InChI is InChI=1S/C10H15N3O3/c1-7-11-8(2)13(12-7)10(9(14)15)3-5-16-6-4-10/h3-6H2,1-2H3,(H,14,15). The van der Waals surface area contributed by atoms with E-state index >= 15 is 0 Å². The van der Waals surface area contributed by atoms with Crippen molar-refractivity contribution < 1.29 is 14.6 Å². The summed E-state index contributed by atoms with van der Waals surface area (Å²) in [5.74, 6) is 0.384. The summed E-state index contributed by atoms with van der Waals surface area (Å²) in [6.07, 6.45) is 0.873. The smallest absolute Gasteiger partial charge is 0.331 e. The molecule has 6 nitrogen and oxygen atoms in total. The molecular weight excluding hydrogens is 210 g/mol. The Bertz CT molecular complexity index is 407. The predicted octanol–water partition coefficient (Wildman–Crippen LogP) is 0.485. The third-order valence-electron chi connectivity index (χ3n) is 3.00. The van der Waals surface area contributed by atoms with Gasteiger partial charge in [0, 0.05) is 26.1 Å². The summed E-state index contributed by atoms with van der Waals surface area (Å²) in [5.41, 5.74) is -0.983. The first-order valence-corrected chi connectivity index (χ1v) is 5.28. The highest BCUT2D eigenvalue weighted by atomic mass is 16.5. The molecule has 0 atom stereocenters. The average molecular weight is 225 g/mol. The van der Waals surface area contributed by atoms with Gasteiger partial charge in [-0.1, -0.05) is 0 Å².